The molecule has 32 heteroatoms. The number of nitrogens with two attached hydrogens (primary N) is 1. The molecule has 0 spiro atoms. The van der Waals surface area contributed by atoms with Gasteiger partial charge in [0, 0.05) is 46.4 Å². The van der Waals surface area contributed by atoms with E-state index in [2.05, 4.69) is 20.8 Å². The molecule has 10 atom stereocenters. The zero-order chi connectivity index (χ0) is 62.8. The Morgan fingerprint density at radius 3 is 1.80 bits per heavy atom. The molecule has 0 radical (unpaired) electrons. The molecule has 85 heavy (non-hydrogen) atoms. The highest BCUT2D eigenvalue weighted by Gasteiger charge is 2.48. The molecule has 3 amide bonds. The van der Waals surface area contributed by atoms with Crippen molar-refractivity contribution >= 4 is 53.3 Å². The van der Waals surface area contributed by atoms with Crippen LogP contribution in [0.1, 0.15) is 84.2 Å². The van der Waals surface area contributed by atoms with E-state index in [1.165, 1.54) is 44.2 Å². The van der Waals surface area contributed by atoms with E-state index in [1.807, 2.05) is 0 Å². The number of hydrogen-bond donors (Lipinski definition) is 11. The van der Waals surface area contributed by atoms with Crippen LogP contribution in [0.15, 0.2) is 36.4 Å². The first-order valence-electron chi connectivity index (χ1n) is 26.6. The molecule has 32 nitrogen and oxygen atoms in total. The summed E-state index contributed by atoms with van der Waals surface area (Å²) in [6, 6.07) is 7.57. The number of nitrogens with one attached hydrogen (secondary N) is 3. The number of carboxylic acid groups (broad SMARTS) is 1. The number of ketones is 2. The minimum absolute atomic E-state index is 0.00450. The first-order valence-corrected chi connectivity index (χ1v) is 26.6. The molecule has 2 fully saturated rings. The molecule has 2 heterocycles. The Hall–Kier alpha value is -6.98. The second-order valence-electron chi connectivity index (χ2n) is 18.7. The number of rotatable bonds is 38. The number of aliphatic carboxylic acids is 1. The average Bonchev–Trinajstić information content (AvgIpc) is 3.66. The van der Waals surface area contributed by atoms with Gasteiger partial charge in [-0.2, -0.15) is 9.59 Å². The van der Waals surface area contributed by atoms with Gasteiger partial charge < -0.3 is 104 Å². The summed E-state index contributed by atoms with van der Waals surface area (Å²) < 4.78 is 53.7. The van der Waals surface area contributed by atoms with Crippen LogP contribution in [0.25, 0.3) is 0 Å². The maximum absolute atomic E-state index is 13.3. The van der Waals surface area contributed by atoms with Gasteiger partial charge in [0.15, 0.2) is 17.7 Å². The Morgan fingerprint density at radius 2 is 1.19 bits per heavy atom. The van der Waals surface area contributed by atoms with Crippen LogP contribution in [-0.4, -0.2) is 230 Å². The Balaban J connectivity index is 0.00000617. The number of ether oxygens (including phenoxy) is 10. The van der Waals surface area contributed by atoms with Crippen molar-refractivity contribution in [3.8, 4) is 11.5 Å². The van der Waals surface area contributed by atoms with Crippen molar-refractivity contribution in [1.29, 1.82) is 0 Å². The topological polar surface area (TPSA) is 476 Å². The summed E-state index contributed by atoms with van der Waals surface area (Å²) in [7, 11) is 0. The first-order chi connectivity index (χ1) is 40.6. The fourth-order valence-corrected chi connectivity index (χ4v) is 7.80. The van der Waals surface area contributed by atoms with Crippen molar-refractivity contribution in [1.82, 2.24) is 16.0 Å². The highest BCUT2D eigenvalue weighted by atomic mass is 16.7. The van der Waals surface area contributed by atoms with E-state index >= 15 is 0 Å². The lowest BCUT2D eigenvalue weighted by atomic mass is 9.99. The fourth-order valence-electron chi connectivity index (χ4n) is 7.80. The van der Waals surface area contributed by atoms with E-state index in [0.29, 0.717) is 24.0 Å². The van der Waals surface area contributed by atoms with Gasteiger partial charge in [0.2, 0.25) is 24.4 Å². The summed E-state index contributed by atoms with van der Waals surface area (Å²) >= 11 is 0. The van der Waals surface area contributed by atoms with E-state index in [9.17, 15) is 74.1 Å². The predicted octanol–water partition coefficient (Wildman–Crippen LogP) is -3.60. The molecule has 2 saturated heterocycles. The van der Waals surface area contributed by atoms with Crippen molar-refractivity contribution in [2.75, 3.05) is 79.2 Å². The van der Waals surface area contributed by atoms with Crippen LogP contribution in [0.4, 0.5) is 0 Å². The smallest absolute Gasteiger partial charge is 0.373 e. The Morgan fingerprint density at radius 1 is 0.635 bits per heavy atom. The van der Waals surface area contributed by atoms with Gasteiger partial charge in [-0.25, -0.2) is 10.7 Å². The number of carboxylic acids is 1. The lowest BCUT2D eigenvalue weighted by Crippen LogP contribution is -2.61. The van der Waals surface area contributed by atoms with Crippen molar-refractivity contribution in [2.24, 2.45) is 5.90 Å². The van der Waals surface area contributed by atoms with Crippen LogP contribution in [-0.2, 0) is 94.3 Å². The van der Waals surface area contributed by atoms with Gasteiger partial charge in [-0.3, -0.25) is 33.6 Å². The van der Waals surface area contributed by atoms with Gasteiger partial charge in [-0.15, -0.1) is 0 Å². The molecule has 2 aliphatic rings. The fraction of sp³-hybridized carbons (Fsp3) is 0.604. The third-order valence-corrected chi connectivity index (χ3v) is 12.1. The van der Waals surface area contributed by atoms with Gasteiger partial charge in [0.25, 0.3) is 5.91 Å². The second-order valence-corrected chi connectivity index (χ2v) is 18.7. The van der Waals surface area contributed by atoms with E-state index < -0.39 is 104 Å². The third-order valence-electron chi connectivity index (χ3n) is 12.1. The molecule has 2 aromatic carbocycles. The largest absolute Gasteiger partial charge is 0.479 e. The van der Waals surface area contributed by atoms with Crippen molar-refractivity contribution in [2.45, 2.75) is 127 Å². The molecule has 0 unspecified atom stereocenters. The van der Waals surface area contributed by atoms with E-state index in [-0.39, 0.29) is 152 Å². The van der Waals surface area contributed by atoms with Crippen molar-refractivity contribution < 1.29 is 136 Å². The van der Waals surface area contributed by atoms with Gasteiger partial charge >= 0.3 is 24.1 Å². The lowest BCUT2D eigenvalue weighted by Gasteiger charge is -2.38. The first kappa shape index (κ1) is 72.3. The standard InChI is InChI=1S/C52H74N4O26.CO2/c1-29(57)76-24-31-9-11-39(80-51-46(67)43(64)38(61)26-78-51)33(22-31)36(59)7-4-15-72-18-20-75-28-42(63)56-35(37(60)8-5-16-79-53)6-3-13-54-41(62)27-74-21-19-73-17-14-55-49(69)34-23-32(25-77-30(2)58)10-12-40(34)81-52-47(68)44(65)45(66)48(82-52)50(70)71;2-1-3/h9-12,22-23,35,38,43-48,51-52,61,64-68H,3-8,13-21,24-28,53H2,1-2H3,(H,54,62)(H,55,69)(H,56,63)(H,70,71);/t35-,38+,43-,44-,45-,46+,47+,48-,51-,52+;/m0./s1. The minimum atomic E-state index is -1.97. The maximum Gasteiger partial charge on any atom is 0.373 e. The van der Waals surface area contributed by atoms with Crippen molar-refractivity contribution in [3.63, 3.8) is 0 Å². The summed E-state index contributed by atoms with van der Waals surface area (Å²) in [5.74, 6) is -0.290. The summed E-state index contributed by atoms with van der Waals surface area (Å²) in [5, 5.41) is 78.1. The molecule has 474 valence electrons. The van der Waals surface area contributed by atoms with Crippen LogP contribution in [0.5, 0.6) is 11.5 Å². The summed E-state index contributed by atoms with van der Waals surface area (Å²) in [6.07, 6.45) is -14.2. The second kappa shape index (κ2) is 39.6. The molecule has 2 aliphatic heterocycles. The number of aliphatic hydroxyl groups excluding tert-OH is 6. The predicted molar refractivity (Wildman–Crippen MR) is 280 cm³/mol. The number of Topliss-reactive ketones (excluding diaryl/α,β-unsaturated/α-hetero) is 2. The molecular weight excluding hydrogens is 1140 g/mol. The quantitative estimate of drug-likeness (QED) is 0.0134. The summed E-state index contributed by atoms with van der Waals surface area (Å²) in [4.78, 5) is 120. The molecule has 0 aliphatic carbocycles. The highest BCUT2D eigenvalue weighted by Crippen LogP contribution is 2.30. The molecule has 12 N–H and O–H groups in total. The Bertz CT molecular complexity index is 2500. The lowest BCUT2D eigenvalue weighted by molar-refractivity contribution is -0.271. The minimum Gasteiger partial charge on any atom is -0.479 e. The number of amides is 3. The average molecular weight is 1220 g/mol. The highest BCUT2D eigenvalue weighted by molar-refractivity contribution is 5.99. The van der Waals surface area contributed by atoms with Gasteiger partial charge in [-0.1, -0.05) is 12.1 Å². The number of esters is 2. The van der Waals surface area contributed by atoms with Gasteiger partial charge in [0.1, 0.15) is 74.6 Å². The maximum atomic E-state index is 13.3. The zero-order valence-corrected chi connectivity index (χ0v) is 46.7. The van der Waals surface area contributed by atoms with E-state index in [1.54, 1.807) is 6.07 Å². The van der Waals surface area contributed by atoms with Gasteiger partial charge in [-0.05, 0) is 61.1 Å². The summed E-state index contributed by atoms with van der Waals surface area (Å²) in [5.41, 5.74) is 0.790. The third kappa shape index (κ3) is 26.4. The molecule has 0 saturated carbocycles. The summed E-state index contributed by atoms with van der Waals surface area (Å²) in [6.45, 7) is 1.41. The number of carbonyl (C=O) groups is 8. The van der Waals surface area contributed by atoms with Crippen LogP contribution < -0.4 is 31.3 Å². The monoisotopic (exact) mass is 1210 g/mol. The Labute approximate surface area is 486 Å². The molecule has 0 bridgehead atoms. The van der Waals surface area contributed by atoms with Crippen LogP contribution in [0.3, 0.4) is 0 Å². The van der Waals surface area contributed by atoms with E-state index in [0.717, 1.165) is 0 Å². The number of carbonyl (C=O) groups excluding carboxylic acids is 9. The van der Waals surface area contributed by atoms with Crippen LogP contribution >= 0.6 is 0 Å². The number of benzene rings is 2. The van der Waals surface area contributed by atoms with Crippen molar-refractivity contribution in [3.05, 3.63) is 58.7 Å². The molecule has 2 aromatic rings. The normalized spacial score (nSPS) is 21.1. The SMILES string of the molecule is CC(=O)OCc1ccc(O[C@@H]2OC[C@@H](O)[C@H](O)[C@H]2O)c(C(=O)CCCOCCOCC(=O)N[C@@H](CCCNC(=O)COCCOCCNC(=O)c2cc(COC(C)=O)ccc2O[C@@H]2O[C@H](C(=O)O)[C@@H](O)[C@H](O)[C@H]2O)C(=O)CCCON)c1.O=C=O. The van der Waals surface area contributed by atoms with Gasteiger partial charge in [0.05, 0.1) is 63.4 Å². The Kier molecular flexibility index (Phi) is 33.7. The van der Waals surface area contributed by atoms with Crippen LogP contribution in [0.2, 0.25) is 0 Å². The zero-order valence-electron chi connectivity index (χ0n) is 46.7. The number of hydrogen-bond acceptors (Lipinski definition) is 28. The molecule has 4 rings (SSSR count). The molecular formula is C53H74N4O28. The number of aliphatic hydroxyl groups is 6. The van der Waals surface area contributed by atoms with E-state index in [4.69, 9.17) is 62.9 Å². The van der Waals surface area contributed by atoms with Crippen LogP contribution in [0, 0.1) is 0 Å². The molecule has 0 aromatic heterocycles.